The molecule has 0 radical (unpaired) electrons. The number of rotatable bonds is 7. The molecule has 0 saturated heterocycles. The van der Waals surface area contributed by atoms with Crippen LogP contribution >= 0.6 is 0 Å². The Labute approximate surface area is 164 Å². The molecule has 142 valence electrons. The van der Waals surface area contributed by atoms with Gasteiger partial charge in [0.1, 0.15) is 5.75 Å². The Balaban J connectivity index is 1.24. The number of para-hydroxylation sites is 1. The molecule has 4 nitrogen and oxygen atoms in total. The van der Waals surface area contributed by atoms with Crippen LogP contribution < -0.4 is 10.1 Å². The van der Waals surface area contributed by atoms with Gasteiger partial charge in [0.15, 0.2) is 6.61 Å². The number of hydrogen-bond acceptors (Lipinski definition) is 2. The van der Waals surface area contributed by atoms with E-state index in [1.807, 2.05) is 36.4 Å². The van der Waals surface area contributed by atoms with E-state index in [1.165, 1.54) is 16.6 Å². The van der Waals surface area contributed by atoms with Crippen molar-refractivity contribution in [2.24, 2.45) is 0 Å². The van der Waals surface area contributed by atoms with Crippen LogP contribution in [0.1, 0.15) is 12.1 Å². The van der Waals surface area contributed by atoms with Crippen LogP contribution in [0, 0.1) is 6.92 Å². The van der Waals surface area contributed by atoms with Gasteiger partial charge in [-0.2, -0.15) is 0 Å². The van der Waals surface area contributed by atoms with Gasteiger partial charge in [-0.3, -0.25) is 4.79 Å². The van der Waals surface area contributed by atoms with Gasteiger partial charge in [0.05, 0.1) is 0 Å². The summed E-state index contributed by atoms with van der Waals surface area (Å²) >= 11 is 0. The molecule has 0 aliphatic rings. The summed E-state index contributed by atoms with van der Waals surface area (Å²) in [6.07, 6.45) is 0.876. The van der Waals surface area contributed by atoms with Crippen molar-refractivity contribution >= 4 is 27.6 Å². The van der Waals surface area contributed by atoms with Crippen LogP contribution in [0.3, 0.4) is 0 Å². The second-order valence-electron chi connectivity index (χ2n) is 7.00. The van der Waals surface area contributed by atoms with Crippen molar-refractivity contribution in [2.45, 2.75) is 19.9 Å². The van der Waals surface area contributed by atoms with Gasteiger partial charge in [0, 0.05) is 24.3 Å². The van der Waals surface area contributed by atoms with E-state index < -0.39 is 0 Å². The molecule has 0 fully saturated rings. The van der Waals surface area contributed by atoms with Gasteiger partial charge < -0.3 is 14.6 Å². The third kappa shape index (κ3) is 4.01. The van der Waals surface area contributed by atoms with E-state index in [9.17, 15) is 4.79 Å². The second kappa shape index (κ2) is 8.17. The molecule has 0 bridgehead atoms. The lowest BCUT2D eigenvalue weighted by atomic mass is 10.1. The highest BCUT2D eigenvalue weighted by Crippen LogP contribution is 2.21. The lowest BCUT2D eigenvalue weighted by Gasteiger charge is -2.10. The first-order valence-corrected chi connectivity index (χ1v) is 9.64. The Bertz CT molecular complexity index is 1110. The number of carbonyl (C=O) groups is 1. The fourth-order valence-electron chi connectivity index (χ4n) is 3.57. The summed E-state index contributed by atoms with van der Waals surface area (Å²) in [7, 11) is 0. The second-order valence-corrected chi connectivity index (χ2v) is 7.00. The monoisotopic (exact) mass is 372 g/mol. The SMILES string of the molecule is Cc1cc2ccccc2n1CCCNC(=O)COc1ccc2ccccc2c1. The van der Waals surface area contributed by atoms with E-state index in [-0.39, 0.29) is 12.5 Å². The molecule has 1 aromatic heterocycles. The Morgan fingerprint density at radius 3 is 2.54 bits per heavy atom. The quantitative estimate of drug-likeness (QED) is 0.478. The standard InChI is InChI=1S/C24H24N2O2/c1-18-15-21-9-4-5-10-23(21)26(18)14-6-13-25-24(27)17-28-22-12-11-19-7-2-3-8-20(19)16-22/h2-5,7-12,15-16H,6,13-14,17H2,1H3,(H,25,27). The summed E-state index contributed by atoms with van der Waals surface area (Å²) in [5.74, 6) is 0.616. The summed E-state index contributed by atoms with van der Waals surface area (Å²) in [6, 6.07) is 24.5. The molecule has 1 N–H and O–H groups in total. The van der Waals surface area contributed by atoms with Crippen molar-refractivity contribution in [2.75, 3.05) is 13.2 Å². The van der Waals surface area contributed by atoms with Gasteiger partial charge in [-0.1, -0.05) is 48.5 Å². The molecular weight excluding hydrogens is 348 g/mol. The molecule has 1 amide bonds. The van der Waals surface area contributed by atoms with E-state index in [1.54, 1.807) is 0 Å². The van der Waals surface area contributed by atoms with E-state index in [0.717, 1.165) is 23.7 Å². The van der Waals surface area contributed by atoms with Gasteiger partial charge >= 0.3 is 0 Å². The molecule has 4 heteroatoms. The average Bonchev–Trinajstić information content (AvgIpc) is 3.04. The van der Waals surface area contributed by atoms with Gasteiger partial charge in [-0.25, -0.2) is 0 Å². The maximum atomic E-state index is 12.1. The molecule has 1 heterocycles. The topological polar surface area (TPSA) is 43.3 Å². The van der Waals surface area contributed by atoms with Gasteiger partial charge in [0.2, 0.25) is 0 Å². The predicted octanol–water partition coefficient (Wildman–Crippen LogP) is 4.69. The zero-order valence-electron chi connectivity index (χ0n) is 16.0. The Kier molecular flexibility index (Phi) is 5.29. The van der Waals surface area contributed by atoms with Crippen molar-refractivity contribution in [1.82, 2.24) is 9.88 Å². The number of aryl methyl sites for hydroxylation is 2. The van der Waals surface area contributed by atoms with Gasteiger partial charge in [0.25, 0.3) is 5.91 Å². The van der Waals surface area contributed by atoms with Crippen molar-refractivity contribution in [3.63, 3.8) is 0 Å². The molecule has 0 unspecified atom stereocenters. The number of amides is 1. The summed E-state index contributed by atoms with van der Waals surface area (Å²) in [6.45, 7) is 3.66. The predicted molar refractivity (Wildman–Crippen MR) is 114 cm³/mol. The van der Waals surface area contributed by atoms with Crippen LogP contribution in [0.15, 0.2) is 72.8 Å². The lowest BCUT2D eigenvalue weighted by molar-refractivity contribution is -0.123. The maximum absolute atomic E-state index is 12.1. The Morgan fingerprint density at radius 2 is 1.68 bits per heavy atom. The van der Waals surface area contributed by atoms with E-state index in [0.29, 0.717) is 12.3 Å². The van der Waals surface area contributed by atoms with Crippen molar-refractivity contribution in [3.05, 3.63) is 78.5 Å². The summed E-state index contributed by atoms with van der Waals surface area (Å²) in [5, 5.41) is 6.47. The first-order valence-electron chi connectivity index (χ1n) is 9.64. The van der Waals surface area contributed by atoms with Crippen LogP contribution in [0.2, 0.25) is 0 Å². The molecule has 0 saturated carbocycles. The summed E-state index contributed by atoms with van der Waals surface area (Å²) < 4.78 is 7.94. The smallest absolute Gasteiger partial charge is 0.257 e. The van der Waals surface area contributed by atoms with Gasteiger partial charge in [-0.15, -0.1) is 0 Å². The molecule has 4 aromatic rings. The normalized spacial score (nSPS) is 11.0. The number of fused-ring (bicyclic) bond motifs is 2. The number of ether oxygens (including phenoxy) is 1. The third-order valence-corrected chi connectivity index (χ3v) is 4.99. The largest absolute Gasteiger partial charge is 0.484 e. The molecule has 0 aliphatic heterocycles. The van der Waals surface area contributed by atoms with Crippen LogP contribution in [0.25, 0.3) is 21.7 Å². The van der Waals surface area contributed by atoms with Crippen LogP contribution in [0.5, 0.6) is 5.75 Å². The highest BCUT2D eigenvalue weighted by Gasteiger charge is 2.06. The zero-order chi connectivity index (χ0) is 19.3. The number of benzene rings is 3. The first-order chi connectivity index (χ1) is 13.7. The molecule has 0 atom stereocenters. The molecule has 3 aromatic carbocycles. The number of carbonyl (C=O) groups excluding carboxylic acids is 1. The van der Waals surface area contributed by atoms with Gasteiger partial charge in [-0.05, 0) is 53.8 Å². The number of hydrogen-bond donors (Lipinski definition) is 1. The number of aromatic nitrogens is 1. The molecule has 0 aliphatic carbocycles. The Hall–Kier alpha value is -3.27. The third-order valence-electron chi connectivity index (χ3n) is 4.99. The van der Waals surface area contributed by atoms with E-state index in [4.69, 9.17) is 4.74 Å². The summed E-state index contributed by atoms with van der Waals surface area (Å²) in [4.78, 5) is 12.1. The minimum Gasteiger partial charge on any atom is -0.484 e. The zero-order valence-corrected chi connectivity index (χ0v) is 16.0. The molecule has 0 spiro atoms. The number of nitrogens with zero attached hydrogens (tertiary/aromatic N) is 1. The highest BCUT2D eigenvalue weighted by molar-refractivity contribution is 5.84. The van der Waals surface area contributed by atoms with Crippen molar-refractivity contribution in [1.29, 1.82) is 0 Å². The van der Waals surface area contributed by atoms with E-state index in [2.05, 4.69) is 53.2 Å². The average molecular weight is 372 g/mol. The van der Waals surface area contributed by atoms with E-state index >= 15 is 0 Å². The maximum Gasteiger partial charge on any atom is 0.257 e. The van der Waals surface area contributed by atoms with Crippen LogP contribution in [-0.2, 0) is 11.3 Å². The first kappa shape index (κ1) is 18.1. The van der Waals surface area contributed by atoms with Crippen molar-refractivity contribution in [3.8, 4) is 5.75 Å². The molecule has 28 heavy (non-hydrogen) atoms. The minimum atomic E-state index is -0.0951. The van der Waals surface area contributed by atoms with Crippen molar-refractivity contribution < 1.29 is 9.53 Å². The number of nitrogens with one attached hydrogen (secondary N) is 1. The minimum absolute atomic E-state index is 0.0316. The fraction of sp³-hybridized carbons (Fsp3) is 0.208. The van der Waals surface area contributed by atoms with Crippen LogP contribution in [-0.4, -0.2) is 23.6 Å². The molecule has 4 rings (SSSR count). The lowest BCUT2D eigenvalue weighted by Crippen LogP contribution is -2.30. The summed E-state index contributed by atoms with van der Waals surface area (Å²) in [5.41, 5.74) is 2.48. The highest BCUT2D eigenvalue weighted by atomic mass is 16.5. The fourth-order valence-corrected chi connectivity index (χ4v) is 3.57. The Morgan fingerprint density at radius 1 is 0.929 bits per heavy atom. The molecular formula is C24H24N2O2. The van der Waals surface area contributed by atoms with Crippen LogP contribution in [0.4, 0.5) is 0 Å².